The Morgan fingerprint density at radius 1 is 1.23 bits per heavy atom. The molecule has 4 rings (SSSR count). The van der Waals surface area contributed by atoms with Crippen LogP contribution >= 0.6 is 0 Å². The molecule has 0 aliphatic carbocycles. The number of hydrogen-bond acceptors (Lipinski definition) is 6. The minimum Gasteiger partial charge on any atom is -0.341 e. The number of rotatable bonds is 5. The van der Waals surface area contributed by atoms with Crippen molar-refractivity contribution in [2.45, 2.75) is 44.7 Å². The largest absolute Gasteiger partial charge is 0.341 e. The number of hydrogen-bond donors (Lipinski definition) is 1. The van der Waals surface area contributed by atoms with Gasteiger partial charge in [-0.3, -0.25) is 20.1 Å². The topological polar surface area (TPSA) is 92.3 Å². The molecule has 0 bridgehead atoms. The number of amides is 1. The van der Waals surface area contributed by atoms with Gasteiger partial charge in [0.1, 0.15) is 0 Å². The predicted molar refractivity (Wildman–Crippen MR) is 117 cm³/mol. The minimum atomic E-state index is -3.15. The fourth-order valence-electron chi connectivity index (χ4n) is 4.26. The number of carbonyl (C=O) groups excluding carboxylic acids is 1. The quantitative estimate of drug-likeness (QED) is 0.785. The van der Waals surface area contributed by atoms with E-state index in [0.717, 1.165) is 29.4 Å². The Morgan fingerprint density at radius 2 is 2.00 bits per heavy atom. The van der Waals surface area contributed by atoms with E-state index in [-0.39, 0.29) is 23.6 Å². The molecule has 8 heteroatoms. The monoisotopic (exact) mass is 428 g/mol. The number of fused-ring (bicyclic) bond motifs is 1. The van der Waals surface area contributed by atoms with Crippen molar-refractivity contribution in [2.75, 3.05) is 18.8 Å². The Morgan fingerprint density at radius 3 is 2.67 bits per heavy atom. The van der Waals surface area contributed by atoms with Crippen LogP contribution in [0.5, 0.6) is 0 Å². The van der Waals surface area contributed by atoms with Gasteiger partial charge >= 0.3 is 0 Å². The lowest BCUT2D eigenvalue weighted by molar-refractivity contribution is -0.135. The molecule has 0 saturated carbocycles. The molecule has 1 saturated heterocycles. The lowest BCUT2D eigenvalue weighted by Gasteiger charge is -2.36. The molecule has 160 valence electrons. The number of nitrogens with zero attached hydrogens (tertiary/aromatic N) is 3. The second-order valence-electron chi connectivity index (χ2n) is 8.56. The molecule has 2 atom stereocenters. The third kappa shape index (κ3) is 4.54. The average molecular weight is 429 g/mol. The van der Waals surface area contributed by atoms with Crippen LogP contribution < -0.4 is 5.32 Å². The van der Waals surface area contributed by atoms with E-state index >= 15 is 0 Å². The van der Waals surface area contributed by atoms with Crippen LogP contribution in [0.2, 0.25) is 0 Å². The molecule has 4 heterocycles. The SMILES string of the molecule is CC(C)C(NC1C=CS(=O)(=O)C1)C(=O)N1CCC(c2cc3ncccc3cn2)CC1. The molecule has 0 spiro atoms. The lowest BCUT2D eigenvalue weighted by atomic mass is 9.91. The summed E-state index contributed by atoms with van der Waals surface area (Å²) in [5.41, 5.74) is 1.98. The van der Waals surface area contributed by atoms with Gasteiger partial charge in [0.05, 0.1) is 17.3 Å². The standard InChI is InChI=1S/C22H28N4O3S/c1-15(2)21(25-18-7-11-30(28,29)14-18)22(27)26-9-5-16(6-10-26)19-12-20-17(13-24-19)4-3-8-23-20/h3-4,7-8,11-13,15-16,18,21,25H,5-6,9-10,14H2,1-2H3. The maximum absolute atomic E-state index is 13.2. The Hall–Kier alpha value is -2.32. The molecule has 2 aromatic heterocycles. The van der Waals surface area contributed by atoms with Crippen LogP contribution in [0, 0.1) is 5.92 Å². The van der Waals surface area contributed by atoms with E-state index in [1.165, 1.54) is 5.41 Å². The van der Waals surface area contributed by atoms with Crippen molar-refractivity contribution in [3.63, 3.8) is 0 Å². The first-order chi connectivity index (χ1) is 14.3. The highest BCUT2D eigenvalue weighted by molar-refractivity contribution is 7.94. The van der Waals surface area contributed by atoms with Crippen LogP contribution in [0.4, 0.5) is 0 Å². The van der Waals surface area contributed by atoms with Crippen LogP contribution in [0.15, 0.2) is 42.1 Å². The second-order valence-corrected chi connectivity index (χ2v) is 10.5. The van der Waals surface area contributed by atoms with Gasteiger partial charge in [0, 0.05) is 53.9 Å². The van der Waals surface area contributed by atoms with E-state index in [4.69, 9.17) is 0 Å². The third-order valence-corrected chi connectivity index (χ3v) is 7.39. The van der Waals surface area contributed by atoms with Crippen LogP contribution in [-0.2, 0) is 14.6 Å². The Balaban J connectivity index is 1.39. The second kappa shape index (κ2) is 8.43. The Kier molecular flexibility index (Phi) is 5.88. The Bertz CT molecular complexity index is 1060. The fourth-order valence-corrected chi connectivity index (χ4v) is 5.50. The lowest BCUT2D eigenvalue weighted by Crippen LogP contribution is -2.54. The van der Waals surface area contributed by atoms with Gasteiger partial charge in [-0.25, -0.2) is 8.42 Å². The van der Waals surface area contributed by atoms with Gasteiger partial charge < -0.3 is 4.90 Å². The van der Waals surface area contributed by atoms with Gasteiger partial charge in [-0.1, -0.05) is 19.9 Å². The summed E-state index contributed by atoms with van der Waals surface area (Å²) in [6, 6.07) is 5.27. The highest BCUT2D eigenvalue weighted by Gasteiger charge is 2.33. The number of pyridine rings is 2. The average Bonchev–Trinajstić information content (AvgIpc) is 3.09. The molecule has 2 unspecified atom stereocenters. The van der Waals surface area contributed by atoms with Crippen LogP contribution in [-0.4, -0.2) is 60.1 Å². The molecule has 1 fully saturated rings. The molecule has 1 N–H and O–H groups in total. The van der Waals surface area contributed by atoms with Crippen molar-refractivity contribution >= 4 is 26.6 Å². The van der Waals surface area contributed by atoms with Crippen LogP contribution in [0.3, 0.4) is 0 Å². The highest BCUT2D eigenvalue weighted by Crippen LogP contribution is 2.29. The Labute approximate surface area is 177 Å². The third-order valence-electron chi connectivity index (χ3n) is 5.99. The molecule has 0 radical (unpaired) electrons. The van der Waals surface area contributed by atoms with Crippen molar-refractivity contribution in [2.24, 2.45) is 5.92 Å². The zero-order chi connectivity index (χ0) is 21.3. The molecular formula is C22H28N4O3S. The van der Waals surface area contributed by atoms with Crippen molar-refractivity contribution < 1.29 is 13.2 Å². The number of piperidine rings is 1. The summed E-state index contributed by atoms with van der Waals surface area (Å²) in [5.74, 6) is 0.455. The summed E-state index contributed by atoms with van der Waals surface area (Å²) >= 11 is 0. The number of carbonyl (C=O) groups is 1. The summed E-state index contributed by atoms with van der Waals surface area (Å²) in [6.07, 6.45) is 7.02. The van der Waals surface area contributed by atoms with Gasteiger partial charge in [-0.05, 0) is 37.0 Å². The predicted octanol–water partition coefficient (Wildman–Crippen LogP) is 2.26. The van der Waals surface area contributed by atoms with Crippen LogP contribution in [0.1, 0.15) is 38.3 Å². The summed E-state index contributed by atoms with van der Waals surface area (Å²) in [5, 5.41) is 5.52. The van der Waals surface area contributed by atoms with Gasteiger partial charge in [-0.15, -0.1) is 0 Å². The van der Waals surface area contributed by atoms with Crippen LogP contribution in [0.25, 0.3) is 10.9 Å². The normalized spacial score (nSPS) is 22.6. The van der Waals surface area contributed by atoms with Crippen molar-refractivity contribution in [3.8, 4) is 0 Å². The summed E-state index contributed by atoms with van der Waals surface area (Å²) < 4.78 is 23.4. The van der Waals surface area contributed by atoms with E-state index in [9.17, 15) is 13.2 Å². The summed E-state index contributed by atoms with van der Waals surface area (Å²) in [7, 11) is -3.15. The number of aromatic nitrogens is 2. The molecule has 7 nitrogen and oxygen atoms in total. The molecule has 2 aliphatic heterocycles. The maximum Gasteiger partial charge on any atom is 0.239 e. The van der Waals surface area contributed by atoms with E-state index in [2.05, 4.69) is 21.4 Å². The van der Waals surface area contributed by atoms with E-state index < -0.39 is 15.9 Å². The number of nitrogens with one attached hydrogen (secondary N) is 1. The van der Waals surface area contributed by atoms with Crippen molar-refractivity contribution in [3.05, 3.63) is 47.8 Å². The van der Waals surface area contributed by atoms with E-state index in [0.29, 0.717) is 19.0 Å². The molecular weight excluding hydrogens is 400 g/mol. The molecule has 2 aliphatic rings. The van der Waals surface area contributed by atoms with Crippen molar-refractivity contribution in [1.29, 1.82) is 0 Å². The molecule has 0 aromatic carbocycles. The maximum atomic E-state index is 13.2. The van der Waals surface area contributed by atoms with Gasteiger partial charge in [0.25, 0.3) is 0 Å². The summed E-state index contributed by atoms with van der Waals surface area (Å²) in [6.45, 7) is 5.33. The molecule has 1 amide bonds. The molecule has 30 heavy (non-hydrogen) atoms. The first-order valence-corrected chi connectivity index (χ1v) is 12.2. The zero-order valence-corrected chi connectivity index (χ0v) is 18.2. The highest BCUT2D eigenvalue weighted by atomic mass is 32.2. The first kappa shape index (κ1) is 20.9. The van der Waals surface area contributed by atoms with Gasteiger partial charge in [0.15, 0.2) is 9.84 Å². The number of sulfone groups is 1. The minimum absolute atomic E-state index is 0.0211. The van der Waals surface area contributed by atoms with E-state index in [1.807, 2.05) is 37.1 Å². The van der Waals surface area contributed by atoms with Gasteiger partial charge in [0.2, 0.25) is 5.91 Å². The smallest absolute Gasteiger partial charge is 0.239 e. The van der Waals surface area contributed by atoms with E-state index in [1.54, 1.807) is 12.3 Å². The zero-order valence-electron chi connectivity index (χ0n) is 17.4. The molecule has 2 aromatic rings. The van der Waals surface area contributed by atoms with Gasteiger partial charge in [-0.2, -0.15) is 0 Å². The summed E-state index contributed by atoms with van der Waals surface area (Å²) in [4.78, 5) is 24.1. The fraction of sp³-hybridized carbons (Fsp3) is 0.500. The first-order valence-electron chi connectivity index (χ1n) is 10.5. The number of likely N-dealkylation sites (tertiary alicyclic amines) is 1. The van der Waals surface area contributed by atoms with Crippen molar-refractivity contribution in [1.82, 2.24) is 20.2 Å².